The zero-order valence-electron chi connectivity index (χ0n) is 12.3. The van der Waals surface area contributed by atoms with E-state index in [0.717, 1.165) is 18.4 Å². The lowest BCUT2D eigenvalue weighted by Gasteiger charge is -2.40. The van der Waals surface area contributed by atoms with Gasteiger partial charge in [-0.05, 0) is 31.2 Å². The minimum atomic E-state index is -0.669. The zero-order chi connectivity index (χ0) is 14.4. The van der Waals surface area contributed by atoms with Gasteiger partial charge in [-0.1, -0.05) is 49.6 Å². The summed E-state index contributed by atoms with van der Waals surface area (Å²) in [5, 5.41) is 0. The van der Waals surface area contributed by atoms with Crippen molar-refractivity contribution in [3.05, 3.63) is 35.9 Å². The molecule has 1 unspecified atom stereocenters. The fraction of sp³-hybridized carbons (Fsp3) is 0.588. The number of hydrogen-bond donors (Lipinski definition) is 1. The van der Waals surface area contributed by atoms with Gasteiger partial charge in [0.15, 0.2) is 0 Å². The Bertz CT molecular complexity index is 426. The van der Waals surface area contributed by atoms with Crippen molar-refractivity contribution in [3.8, 4) is 0 Å². The minimum Gasteiger partial charge on any atom is -0.465 e. The Hall–Kier alpha value is -1.35. The van der Waals surface area contributed by atoms with E-state index in [1.807, 2.05) is 37.3 Å². The molecule has 1 saturated carbocycles. The van der Waals surface area contributed by atoms with Crippen LogP contribution in [-0.2, 0) is 14.9 Å². The molecule has 0 radical (unpaired) electrons. The molecule has 0 aliphatic heterocycles. The van der Waals surface area contributed by atoms with Gasteiger partial charge in [-0.25, -0.2) is 0 Å². The van der Waals surface area contributed by atoms with Crippen LogP contribution in [0.2, 0.25) is 0 Å². The average molecular weight is 275 g/mol. The smallest absolute Gasteiger partial charge is 0.318 e. The monoisotopic (exact) mass is 275 g/mol. The van der Waals surface area contributed by atoms with Crippen LogP contribution in [0, 0.1) is 5.92 Å². The average Bonchev–Trinajstić information content (AvgIpc) is 2.51. The molecule has 1 aliphatic rings. The van der Waals surface area contributed by atoms with Gasteiger partial charge < -0.3 is 10.5 Å². The van der Waals surface area contributed by atoms with E-state index in [1.165, 1.54) is 19.3 Å². The Balaban J connectivity index is 2.42. The summed E-state index contributed by atoms with van der Waals surface area (Å²) in [4.78, 5) is 12.7. The zero-order valence-corrected chi connectivity index (χ0v) is 12.3. The predicted octanol–water partition coefficient (Wildman–Crippen LogP) is 3.03. The van der Waals surface area contributed by atoms with Crippen LogP contribution < -0.4 is 5.73 Å². The van der Waals surface area contributed by atoms with Crippen molar-refractivity contribution in [3.63, 3.8) is 0 Å². The molecule has 2 rings (SSSR count). The molecule has 0 bridgehead atoms. The lowest BCUT2D eigenvalue weighted by Crippen LogP contribution is -2.50. The SMILES string of the molecule is CCOC(=O)C(CN)(c1ccccc1)C1CCCCC1. The third-order valence-electron chi connectivity index (χ3n) is 4.55. The normalized spacial score (nSPS) is 19.3. The molecular formula is C17H25NO2. The van der Waals surface area contributed by atoms with Crippen molar-refractivity contribution >= 4 is 5.97 Å². The largest absolute Gasteiger partial charge is 0.465 e. The van der Waals surface area contributed by atoms with E-state index in [0.29, 0.717) is 19.1 Å². The van der Waals surface area contributed by atoms with Crippen molar-refractivity contribution in [2.75, 3.05) is 13.2 Å². The van der Waals surface area contributed by atoms with Crippen molar-refractivity contribution in [2.45, 2.75) is 44.4 Å². The third-order valence-corrected chi connectivity index (χ3v) is 4.55. The number of benzene rings is 1. The number of rotatable bonds is 5. The highest BCUT2D eigenvalue weighted by atomic mass is 16.5. The highest BCUT2D eigenvalue weighted by Gasteiger charge is 2.47. The van der Waals surface area contributed by atoms with E-state index < -0.39 is 5.41 Å². The topological polar surface area (TPSA) is 52.3 Å². The number of esters is 1. The number of carbonyl (C=O) groups is 1. The molecule has 0 spiro atoms. The molecule has 0 amide bonds. The van der Waals surface area contributed by atoms with Crippen LogP contribution in [0.3, 0.4) is 0 Å². The molecule has 3 heteroatoms. The van der Waals surface area contributed by atoms with E-state index in [4.69, 9.17) is 10.5 Å². The highest BCUT2D eigenvalue weighted by molar-refractivity contribution is 5.84. The Morgan fingerprint density at radius 2 is 1.90 bits per heavy atom. The molecule has 1 atom stereocenters. The standard InChI is InChI=1S/C17H25NO2/c1-2-20-16(19)17(13-18,14-9-5-3-6-10-14)15-11-7-4-8-12-15/h3,5-6,9-10,15H,2,4,7-8,11-13,18H2,1H3. The molecule has 1 aromatic rings. The molecule has 110 valence electrons. The Morgan fingerprint density at radius 1 is 1.25 bits per heavy atom. The van der Waals surface area contributed by atoms with Crippen LogP contribution in [0.25, 0.3) is 0 Å². The first-order valence-corrected chi connectivity index (χ1v) is 7.68. The Morgan fingerprint density at radius 3 is 2.45 bits per heavy atom. The van der Waals surface area contributed by atoms with Crippen molar-refractivity contribution in [1.82, 2.24) is 0 Å². The van der Waals surface area contributed by atoms with Gasteiger partial charge in [0, 0.05) is 6.54 Å². The molecular weight excluding hydrogens is 250 g/mol. The first-order valence-electron chi connectivity index (χ1n) is 7.68. The molecule has 2 N–H and O–H groups in total. The maximum Gasteiger partial charge on any atom is 0.318 e. The van der Waals surface area contributed by atoms with Gasteiger partial charge in [-0.15, -0.1) is 0 Å². The molecule has 0 saturated heterocycles. The maximum absolute atomic E-state index is 12.7. The first-order chi connectivity index (χ1) is 9.75. The number of hydrogen-bond acceptors (Lipinski definition) is 3. The second-order valence-electron chi connectivity index (χ2n) is 5.60. The summed E-state index contributed by atoms with van der Waals surface area (Å²) in [7, 11) is 0. The predicted molar refractivity (Wildman–Crippen MR) is 80.4 cm³/mol. The summed E-state index contributed by atoms with van der Waals surface area (Å²) >= 11 is 0. The summed E-state index contributed by atoms with van der Waals surface area (Å²) in [6.07, 6.45) is 5.74. The number of carbonyl (C=O) groups excluding carboxylic acids is 1. The minimum absolute atomic E-state index is 0.152. The van der Waals surface area contributed by atoms with Gasteiger partial charge in [0.1, 0.15) is 5.41 Å². The van der Waals surface area contributed by atoms with Gasteiger partial charge >= 0.3 is 5.97 Å². The molecule has 1 aromatic carbocycles. The second kappa shape index (κ2) is 6.89. The molecule has 3 nitrogen and oxygen atoms in total. The summed E-state index contributed by atoms with van der Waals surface area (Å²) in [6, 6.07) is 9.94. The summed E-state index contributed by atoms with van der Waals surface area (Å²) in [5.41, 5.74) is 6.44. The second-order valence-corrected chi connectivity index (χ2v) is 5.60. The van der Waals surface area contributed by atoms with E-state index in [-0.39, 0.29) is 5.97 Å². The summed E-state index contributed by atoms with van der Waals surface area (Å²) in [6.45, 7) is 2.58. The maximum atomic E-state index is 12.7. The van der Waals surface area contributed by atoms with Gasteiger partial charge in [0.25, 0.3) is 0 Å². The number of ether oxygens (including phenoxy) is 1. The van der Waals surface area contributed by atoms with E-state index in [1.54, 1.807) is 0 Å². The first kappa shape index (κ1) is 15.0. The van der Waals surface area contributed by atoms with Crippen LogP contribution in [0.1, 0.15) is 44.6 Å². The third kappa shape index (κ3) is 2.73. The fourth-order valence-electron chi connectivity index (χ4n) is 3.48. The van der Waals surface area contributed by atoms with Crippen LogP contribution in [0.15, 0.2) is 30.3 Å². The van der Waals surface area contributed by atoms with E-state index >= 15 is 0 Å². The molecule has 0 heterocycles. The molecule has 1 aliphatic carbocycles. The Kier molecular flexibility index (Phi) is 5.18. The lowest BCUT2D eigenvalue weighted by atomic mass is 9.65. The van der Waals surface area contributed by atoms with Crippen molar-refractivity contribution < 1.29 is 9.53 Å². The van der Waals surface area contributed by atoms with Gasteiger partial charge in [-0.2, -0.15) is 0 Å². The molecule has 0 aromatic heterocycles. The lowest BCUT2D eigenvalue weighted by molar-refractivity contribution is -0.153. The Labute approximate surface area is 121 Å². The van der Waals surface area contributed by atoms with Crippen LogP contribution in [0.4, 0.5) is 0 Å². The van der Waals surface area contributed by atoms with E-state index in [2.05, 4.69) is 0 Å². The van der Waals surface area contributed by atoms with Crippen molar-refractivity contribution in [1.29, 1.82) is 0 Å². The molecule has 20 heavy (non-hydrogen) atoms. The van der Waals surface area contributed by atoms with Crippen LogP contribution in [-0.4, -0.2) is 19.1 Å². The van der Waals surface area contributed by atoms with Crippen LogP contribution in [0.5, 0.6) is 0 Å². The fourth-order valence-corrected chi connectivity index (χ4v) is 3.48. The van der Waals surface area contributed by atoms with Crippen LogP contribution >= 0.6 is 0 Å². The summed E-state index contributed by atoms with van der Waals surface area (Å²) in [5.74, 6) is 0.142. The van der Waals surface area contributed by atoms with Gasteiger partial charge in [0.05, 0.1) is 6.61 Å². The van der Waals surface area contributed by atoms with E-state index in [9.17, 15) is 4.79 Å². The quantitative estimate of drug-likeness (QED) is 0.840. The van der Waals surface area contributed by atoms with Crippen molar-refractivity contribution in [2.24, 2.45) is 11.7 Å². The molecule has 1 fully saturated rings. The van der Waals surface area contributed by atoms with Gasteiger partial charge in [0.2, 0.25) is 0 Å². The number of nitrogens with two attached hydrogens (primary N) is 1. The van der Waals surface area contributed by atoms with Gasteiger partial charge in [-0.3, -0.25) is 4.79 Å². The highest BCUT2D eigenvalue weighted by Crippen LogP contribution is 2.41. The summed E-state index contributed by atoms with van der Waals surface area (Å²) < 4.78 is 5.39.